The lowest BCUT2D eigenvalue weighted by Gasteiger charge is -2.37. The van der Waals surface area contributed by atoms with Gasteiger partial charge in [-0.1, -0.05) is 111 Å². The van der Waals surface area contributed by atoms with Crippen molar-refractivity contribution in [2.45, 2.75) is 32.3 Å². The number of carbonyl (C=O) groups is 1. The minimum atomic E-state index is -4.39. The minimum absolute atomic E-state index is 0.0997. The van der Waals surface area contributed by atoms with Crippen molar-refractivity contribution in [3.63, 3.8) is 0 Å². The summed E-state index contributed by atoms with van der Waals surface area (Å²) in [4.78, 5) is 12.4. The zero-order chi connectivity index (χ0) is 23.7. The lowest BCUT2D eigenvalue weighted by atomic mass is 9.80. The summed E-state index contributed by atoms with van der Waals surface area (Å²) in [5.74, 6) is -0.835. The van der Waals surface area contributed by atoms with Gasteiger partial charge in [-0.2, -0.15) is 0 Å². The van der Waals surface area contributed by atoms with Crippen molar-refractivity contribution in [1.29, 1.82) is 0 Å². The molecule has 0 radical (unpaired) electrons. The number of carbonyl (C=O) groups excluding carboxylic acids is 1. The summed E-state index contributed by atoms with van der Waals surface area (Å²) < 4.78 is 31.4. The second-order valence-electron chi connectivity index (χ2n) is 7.66. The Morgan fingerprint density at radius 3 is 1.64 bits per heavy atom. The predicted molar refractivity (Wildman–Crippen MR) is 130 cm³/mol. The molecule has 0 fully saturated rings. The van der Waals surface area contributed by atoms with Gasteiger partial charge in [0.15, 0.2) is 5.60 Å². The first kappa shape index (κ1) is 24.7. The number of hydrogen-bond donors (Lipinski definition) is 0. The van der Waals surface area contributed by atoms with Crippen LogP contribution in [-0.2, 0) is 28.5 Å². The Labute approximate surface area is 195 Å². The van der Waals surface area contributed by atoms with E-state index in [-0.39, 0.29) is 12.2 Å². The molecule has 6 heteroatoms. The van der Waals surface area contributed by atoms with E-state index in [2.05, 4.69) is 6.58 Å². The Morgan fingerprint density at radius 1 is 0.848 bits per heavy atom. The van der Waals surface area contributed by atoms with Crippen LogP contribution in [0.3, 0.4) is 0 Å². The molecule has 1 atom stereocenters. The fourth-order valence-corrected chi connectivity index (χ4v) is 4.92. The summed E-state index contributed by atoms with van der Waals surface area (Å²) in [6.45, 7) is 7.18. The second kappa shape index (κ2) is 11.2. The Balaban J connectivity index is 2.23. The van der Waals surface area contributed by atoms with Gasteiger partial charge in [0, 0.05) is 5.57 Å². The number of phosphoric ester groups is 1. The first-order chi connectivity index (χ1) is 15.9. The molecule has 0 N–H and O–H groups in total. The molecular formula is C27H29O5P. The number of phosphoric acid groups is 1. The molecule has 1 unspecified atom stereocenters. The standard InChI is InChI=1S/C27H29O5P/c1-4-5-21-30-33(29,31-26(28)22(2)3)32-27(23-15-9-6-10-16-23,24-17-11-7-12-18-24)25-19-13-8-14-20-25/h6-20H,2,4-5,21H2,1,3H3. The average molecular weight is 464 g/mol. The smallest absolute Gasteiger partial charge is 0.367 e. The molecule has 5 nitrogen and oxygen atoms in total. The topological polar surface area (TPSA) is 61.8 Å². The summed E-state index contributed by atoms with van der Waals surface area (Å²) in [5.41, 5.74) is 0.887. The van der Waals surface area contributed by atoms with Gasteiger partial charge in [0.1, 0.15) is 0 Å². The van der Waals surface area contributed by atoms with E-state index < -0.39 is 19.4 Å². The van der Waals surface area contributed by atoms with E-state index >= 15 is 0 Å². The molecule has 3 aromatic carbocycles. The van der Waals surface area contributed by atoms with Gasteiger partial charge < -0.3 is 4.52 Å². The van der Waals surface area contributed by atoms with E-state index in [1.165, 1.54) is 6.92 Å². The van der Waals surface area contributed by atoms with Gasteiger partial charge in [-0.05, 0) is 30.0 Å². The monoisotopic (exact) mass is 464 g/mol. The zero-order valence-corrected chi connectivity index (χ0v) is 19.9. The minimum Gasteiger partial charge on any atom is -0.367 e. The van der Waals surface area contributed by atoms with Gasteiger partial charge in [-0.25, -0.2) is 9.36 Å². The molecule has 33 heavy (non-hydrogen) atoms. The summed E-state index contributed by atoms with van der Waals surface area (Å²) >= 11 is 0. The maximum Gasteiger partial charge on any atom is 0.534 e. The van der Waals surface area contributed by atoms with Crippen LogP contribution in [0.1, 0.15) is 43.4 Å². The van der Waals surface area contributed by atoms with Gasteiger partial charge in [-0.15, -0.1) is 0 Å². The molecule has 0 heterocycles. The van der Waals surface area contributed by atoms with Crippen molar-refractivity contribution in [3.8, 4) is 0 Å². The van der Waals surface area contributed by atoms with Crippen molar-refractivity contribution in [2.24, 2.45) is 0 Å². The Bertz CT molecular complexity index is 1000. The molecule has 0 bridgehead atoms. The third-order valence-electron chi connectivity index (χ3n) is 5.08. The van der Waals surface area contributed by atoms with Gasteiger partial charge >= 0.3 is 13.8 Å². The van der Waals surface area contributed by atoms with Crippen molar-refractivity contribution >= 4 is 13.8 Å². The van der Waals surface area contributed by atoms with Gasteiger partial charge in [-0.3, -0.25) is 9.05 Å². The van der Waals surface area contributed by atoms with E-state index in [0.717, 1.165) is 6.42 Å². The van der Waals surface area contributed by atoms with E-state index in [1.807, 2.05) is 97.9 Å². The van der Waals surface area contributed by atoms with Crippen LogP contribution in [0.2, 0.25) is 0 Å². The molecule has 0 aliphatic rings. The maximum absolute atomic E-state index is 14.0. The van der Waals surface area contributed by atoms with Crippen LogP contribution in [0.15, 0.2) is 103 Å². The first-order valence-electron chi connectivity index (χ1n) is 10.9. The van der Waals surface area contributed by atoms with Crippen LogP contribution in [0.25, 0.3) is 0 Å². The lowest BCUT2D eigenvalue weighted by Crippen LogP contribution is -2.33. The number of benzene rings is 3. The summed E-state index contributed by atoms with van der Waals surface area (Å²) in [7, 11) is -4.39. The third-order valence-corrected chi connectivity index (χ3v) is 6.47. The van der Waals surface area contributed by atoms with E-state index in [9.17, 15) is 9.36 Å². The number of hydrogen-bond acceptors (Lipinski definition) is 5. The molecule has 3 rings (SSSR count). The summed E-state index contributed by atoms with van der Waals surface area (Å²) in [6.07, 6.45) is 1.45. The highest BCUT2D eigenvalue weighted by atomic mass is 31.2. The van der Waals surface area contributed by atoms with Gasteiger partial charge in [0.2, 0.25) is 0 Å². The van der Waals surface area contributed by atoms with Crippen LogP contribution in [0.4, 0.5) is 0 Å². The Hall–Kier alpha value is -2.98. The lowest BCUT2D eigenvalue weighted by molar-refractivity contribution is -0.132. The fourth-order valence-electron chi connectivity index (χ4n) is 3.42. The van der Waals surface area contributed by atoms with E-state index in [4.69, 9.17) is 13.6 Å². The third kappa shape index (κ3) is 5.88. The highest BCUT2D eigenvalue weighted by Crippen LogP contribution is 2.59. The largest absolute Gasteiger partial charge is 0.534 e. The molecule has 0 aromatic heterocycles. The van der Waals surface area contributed by atoms with Crippen molar-refractivity contribution in [2.75, 3.05) is 6.61 Å². The summed E-state index contributed by atoms with van der Waals surface area (Å²) in [6, 6.07) is 28.3. The Kier molecular flexibility index (Phi) is 8.40. The molecule has 0 saturated carbocycles. The van der Waals surface area contributed by atoms with E-state index in [1.54, 1.807) is 0 Å². The quantitative estimate of drug-likeness (QED) is 0.132. The van der Waals surface area contributed by atoms with Crippen LogP contribution < -0.4 is 0 Å². The fraction of sp³-hybridized carbons (Fsp3) is 0.222. The number of rotatable bonds is 11. The van der Waals surface area contributed by atoms with Crippen molar-refractivity contribution in [3.05, 3.63) is 120 Å². The molecular weight excluding hydrogens is 435 g/mol. The zero-order valence-electron chi connectivity index (χ0n) is 19.0. The van der Waals surface area contributed by atoms with Gasteiger partial charge in [0.05, 0.1) is 6.61 Å². The molecule has 3 aromatic rings. The molecule has 0 aliphatic heterocycles. The van der Waals surface area contributed by atoms with Crippen LogP contribution in [-0.4, -0.2) is 12.6 Å². The normalized spacial score (nSPS) is 13.2. The Morgan fingerprint density at radius 2 is 1.27 bits per heavy atom. The molecule has 0 spiro atoms. The van der Waals surface area contributed by atoms with Gasteiger partial charge in [0.25, 0.3) is 0 Å². The highest BCUT2D eigenvalue weighted by molar-refractivity contribution is 7.49. The average Bonchev–Trinajstić information content (AvgIpc) is 2.84. The predicted octanol–water partition coefficient (Wildman–Crippen LogP) is 7.04. The number of unbranched alkanes of at least 4 members (excludes halogenated alkanes) is 1. The maximum atomic E-state index is 14.0. The molecule has 0 amide bonds. The summed E-state index contributed by atoms with van der Waals surface area (Å²) in [5, 5.41) is 0. The van der Waals surface area contributed by atoms with E-state index in [0.29, 0.717) is 23.1 Å². The highest BCUT2D eigenvalue weighted by Gasteiger charge is 2.47. The van der Waals surface area contributed by atoms with Crippen molar-refractivity contribution in [1.82, 2.24) is 0 Å². The molecule has 0 aliphatic carbocycles. The molecule has 172 valence electrons. The van der Waals surface area contributed by atoms with Crippen LogP contribution >= 0.6 is 7.82 Å². The van der Waals surface area contributed by atoms with Crippen molar-refractivity contribution < 1.29 is 22.9 Å². The first-order valence-corrected chi connectivity index (χ1v) is 12.4. The van der Waals surface area contributed by atoms with Crippen LogP contribution in [0.5, 0.6) is 0 Å². The second-order valence-corrected chi connectivity index (χ2v) is 9.18. The van der Waals surface area contributed by atoms with Crippen LogP contribution in [0, 0.1) is 0 Å². The SMILES string of the molecule is C=C(C)C(=O)OP(=O)(OCCCC)OC(c1ccccc1)(c1ccccc1)c1ccccc1. The molecule has 0 saturated heterocycles.